The second-order valence-corrected chi connectivity index (χ2v) is 5.80. The topological polar surface area (TPSA) is 74.3 Å². The summed E-state index contributed by atoms with van der Waals surface area (Å²) in [5, 5.41) is 5.44. The Morgan fingerprint density at radius 3 is 2.71 bits per heavy atom. The van der Waals surface area contributed by atoms with Crippen LogP contribution in [-0.4, -0.2) is 17.1 Å². The highest BCUT2D eigenvalue weighted by molar-refractivity contribution is 6.36. The summed E-state index contributed by atoms with van der Waals surface area (Å²) >= 11 is 11.8. The van der Waals surface area contributed by atoms with Crippen molar-refractivity contribution in [3.8, 4) is 0 Å². The van der Waals surface area contributed by atoms with Crippen molar-refractivity contribution in [2.45, 2.75) is 0 Å². The van der Waals surface area contributed by atoms with Crippen molar-refractivity contribution >= 4 is 46.2 Å². The molecule has 0 aliphatic heterocycles. The van der Waals surface area contributed by atoms with E-state index in [4.69, 9.17) is 23.2 Å². The summed E-state index contributed by atoms with van der Waals surface area (Å²) in [5.41, 5.74) is 3.47. The summed E-state index contributed by atoms with van der Waals surface area (Å²) in [6.45, 7) is 0. The average molecular weight is 360 g/mol. The first-order chi connectivity index (χ1) is 11.5. The molecule has 0 aliphatic rings. The van der Waals surface area contributed by atoms with Gasteiger partial charge in [-0.1, -0.05) is 47.5 Å². The Morgan fingerprint density at radius 2 is 1.92 bits per heavy atom. The van der Waals surface area contributed by atoms with E-state index < -0.39 is 5.91 Å². The number of carbonyl (C=O) groups is 1. The van der Waals surface area contributed by atoms with Gasteiger partial charge in [0.2, 0.25) is 5.56 Å². The van der Waals surface area contributed by atoms with Crippen molar-refractivity contribution in [3.63, 3.8) is 0 Å². The van der Waals surface area contributed by atoms with E-state index in [0.29, 0.717) is 26.5 Å². The largest absolute Gasteiger partial charge is 0.322 e. The summed E-state index contributed by atoms with van der Waals surface area (Å²) < 4.78 is 0. The molecule has 0 radical (unpaired) electrons. The van der Waals surface area contributed by atoms with Crippen molar-refractivity contribution in [2.24, 2.45) is 5.10 Å². The van der Waals surface area contributed by atoms with E-state index >= 15 is 0 Å². The molecule has 0 spiro atoms. The summed E-state index contributed by atoms with van der Waals surface area (Å²) in [7, 11) is 0. The van der Waals surface area contributed by atoms with Crippen LogP contribution in [0.4, 0.5) is 0 Å². The van der Waals surface area contributed by atoms with Gasteiger partial charge in [-0.05, 0) is 18.2 Å². The lowest BCUT2D eigenvalue weighted by Gasteiger charge is -2.04. The quantitative estimate of drug-likeness (QED) is 0.553. The van der Waals surface area contributed by atoms with Crippen LogP contribution in [-0.2, 0) is 0 Å². The first kappa shape index (κ1) is 16.2. The van der Waals surface area contributed by atoms with Crippen LogP contribution in [0.15, 0.2) is 58.4 Å². The molecule has 0 bridgehead atoms. The standard InChI is InChI=1S/C17H11Cl2N3O2/c18-11-6-5-10(14(19)7-11)9-20-22-17(24)13-8-16(23)21-15-4-2-1-3-12(13)15/h1-9H,(H,21,23)(H,22,24)/b20-9-. The maximum atomic E-state index is 12.3. The molecule has 0 saturated heterocycles. The van der Waals surface area contributed by atoms with E-state index in [1.165, 1.54) is 12.3 Å². The molecule has 5 nitrogen and oxygen atoms in total. The minimum Gasteiger partial charge on any atom is -0.322 e. The zero-order valence-electron chi connectivity index (χ0n) is 12.2. The molecule has 24 heavy (non-hydrogen) atoms. The molecule has 1 heterocycles. The molecule has 1 amide bonds. The molecule has 2 N–H and O–H groups in total. The molecular formula is C17H11Cl2N3O2. The van der Waals surface area contributed by atoms with E-state index in [-0.39, 0.29) is 11.1 Å². The maximum absolute atomic E-state index is 12.3. The summed E-state index contributed by atoms with van der Waals surface area (Å²) in [6, 6.07) is 13.2. The molecule has 7 heteroatoms. The molecule has 3 aromatic rings. The number of hydrogen-bond donors (Lipinski definition) is 2. The highest BCUT2D eigenvalue weighted by Gasteiger charge is 2.10. The fourth-order valence-corrected chi connectivity index (χ4v) is 2.68. The SMILES string of the molecule is O=C(N/N=C\c1ccc(Cl)cc1Cl)c1cc(=O)[nH]c2ccccc12. The fraction of sp³-hybridized carbons (Fsp3) is 0. The van der Waals surface area contributed by atoms with Crippen LogP contribution in [0.25, 0.3) is 10.9 Å². The molecule has 2 aromatic carbocycles. The number of para-hydroxylation sites is 1. The number of hydrazone groups is 1. The van der Waals surface area contributed by atoms with Gasteiger partial charge in [-0.25, -0.2) is 5.43 Å². The highest BCUT2D eigenvalue weighted by atomic mass is 35.5. The molecular weight excluding hydrogens is 349 g/mol. The lowest BCUT2D eigenvalue weighted by atomic mass is 10.1. The molecule has 0 fully saturated rings. The Balaban J connectivity index is 1.85. The van der Waals surface area contributed by atoms with Crippen LogP contribution in [0.2, 0.25) is 10.0 Å². The third kappa shape index (κ3) is 3.48. The summed E-state index contributed by atoms with van der Waals surface area (Å²) in [6.07, 6.45) is 1.41. The summed E-state index contributed by atoms with van der Waals surface area (Å²) in [4.78, 5) is 26.7. The monoisotopic (exact) mass is 359 g/mol. The number of carbonyl (C=O) groups excluding carboxylic acids is 1. The first-order valence-electron chi connectivity index (χ1n) is 6.95. The van der Waals surface area contributed by atoms with Crippen molar-refractivity contribution in [1.29, 1.82) is 0 Å². The number of hydrogen-bond acceptors (Lipinski definition) is 3. The van der Waals surface area contributed by atoms with Gasteiger partial charge in [0.15, 0.2) is 0 Å². The van der Waals surface area contributed by atoms with Gasteiger partial charge in [-0.15, -0.1) is 0 Å². The van der Waals surface area contributed by atoms with Crippen molar-refractivity contribution in [2.75, 3.05) is 0 Å². The minimum absolute atomic E-state index is 0.244. The number of aromatic amines is 1. The van der Waals surface area contributed by atoms with Gasteiger partial charge in [-0.3, -0.25) is 9.59 Å². The van der Waals surface area contributed by atoms with E-state index in [2.05, 4.69) is 15.5 Å². The second-order valence-electron chi connectivity index (χ2n) is 4.96. The number of pyridine rings is 1. The third-order valence-corrected chi connectivity index (χ3v) is 3.89. The third-order valence-electron chi connectivity index (χ3n) is 3.33. The van der Waals surface area contributed by atoms with Crippen LogP contribution in [0.3, 0.4) is 0 Å². The van der Waals surface area contributed by atoms with E-state index in [1.807, 2.05) is 0 Å². The van der Waals surface area contributed by atoms with Gasteiger partial charge in [0.25, 0.3) is 5.91 Å². The van der Waals surface area contributed by atoms with E-state index in [1.54, 1.807) is 42.5 Å². The van der Waals surface area contributed by atoms with Crippen LogP contribution in [0.1, 0.15) is 15.9 Å². The summed E-state index contributed by atoms with van der Waals surface area (Å²) in [5.74, 6) is -0.487. The number of benzene rings is 2. The Bertz CT molecular complexity index is 1010. The predicted octanol–water partition coefficient (Wildman–Crippen LogP) is 3.60. The Labute approximate surface area is 146 Å². The molecule has 0 saturated carbocycles. The van der Waals surface area contributed by atoms with E-state index in [9.17, 15) is 9.59 Å². The maximum Gasteiger partial charge on any atom is 0.272 e. The minimum atomic E-state index is -0.487. The highest BCUT2D eigenvalue weighted by Crippen LogP contribution is 2.19. The fourth-order valence-electron chi connectivity index (χ4n) is 2.22. The number of H-pyrrole nitrogens is 1. The molecule has 0 unspecified atom stereocenters. The average Bonchev–Trinajstić information content (AvgIpc) is 2.56. The number of nitrogens with one attached hydrogen (secondary N) is 2. The molecule has 0 atom stereocenters. The van der Waals surface area contributed by atoms with Crippen LogP contribution >= 0.6 is 23.2 Å². The molecule has 1 aromatic heterocycles. The number of fused-ring (bicyclic) bond motifs is 1. The number of nitrogens with zero attached hydrogens (tertiary/aromatic N) is 1. The van der Waals surface area contributed by atoms with Gasteiger partial charge >= 0.3 is 0 Å². The Kier molecular flexibility index (Phi) is 4.64. The van der Waals surface area contributed by atoms with E-state index in [0.717, 1.165) is 0 Å². The predicted molar refractivity (Wildman–Crippen MR) is 96.1 cm³/mol. The van der Waals surface area contributed by atoms with Crippen LogP contribution < -0.4 is 11.0 Å². The van der Waals surface area contributed by atoms with Crippen LogP contribution in [0, 0.1) is 0 Å². The second kappa shape index (κ2) is 6.86. The zero-order chi connectivity index (χ0) is 17.1. The van der Waals surface area contributed by atoms with Crippen LogP contribution in [0.5, 0.6) is 0 Å². The molecule has 0 aliphatic carbocycles. The smallest absolute Gasteiger partial charge is 0.272 e. The van der Waals surface area contributed by atoms with Gasteiger partial charge in [0, 0.05) is 27.6 Å². The number of halogens is 2. The normalized spacial score (nSPS) is 11.1. The molecule has 3 rings (SSSR count). The van der Waals surface area contributed by atoms with Crippen molar-refractivity contribution < 1.29 is 4.79 Å². The van der Waals surface area contributed by atoms with Gasteiger partial charge < -0.3 is 4.98 Å². The van der Waals surface area contributed by atoms with Gasteiger partial charge in [0.05, 0.1) is 16.8 Å². The lowest BCUT2D eigenvalue weighted by molar-refractivity contribution is 0.0956. The van der Waals surface area contributed by atoms with Gasteiger partial charge in [-0.2, -0.15) is 5.10 Å². The van der Waals surface area contributed by atoms with Crippen molar-refractivity contribution in [3.05, 3.63) is 80.1 Å². The van der Waals surface area contributed by atoms with Gasteiger partial charge in [0.1, 0.15) is 0 Å². The Hall–Kier alpha value is -2.63. The molecule has 120 valence electrons. The van der Waals surface area contributed by atoms with Crippen molar-refractivity contribution in [1.82, 2.24) is 10.4 Å². The lowest BCUT2D eigenvalue weighted by Crippen LogP contribution is -2.20. The zero-order valence-corrected chi connectivity index (χ0v) is 13.7. The first-order valence-corrected chi connectivity index (χ1v) is 7.71. The number of amides is 1. The Morgan fingerprint density at radius 1 is 1.12 bits per heavy atom. The number of rotatable bonds is 3. The number of aromatic nitrogens is 1.